The second kappa shape index (κ2) is 7.60. The minimum absolute atomic E-state index is 0.146. The Labute approximate surface area is 130 Å². The summed E-state index contributed by atoms with van der Waals surface area (Å²) in [5, 5.41) is 11.5. The van der Waals surface area contributed by atoms with E-state index in [4.69, 9.17) is 10.00 Å². The molecule has 0 bridgehead atoms. The van der Waals surface area contributed by atoms with Gasteiger partial charge in [0.25, 0.3) is 0 Å². The van der Waals surface area contributed by atoms with E-state index in [2.05, 4.69) is 5.32 Å². The molecule has 22 heavy (non-hydrogen) atoms. The number of hydrogen-bond donors (Lipinski definition) is 1. The summed E-state index contributed by atoms with van der Waals surface area (Å²) in [5.74, 6) is -0.434. The van der Waals surface area contributed by atoms with Crippen molar-refractivity contribution < 1.29 is 14.3 Å². The van der Waals surface area contributed by atoms with Crippen molar-refractivity contribution in [2.45, 2.75) is 45.3 Å². The van der Waals surface area contributed by atoms with E-state index in [1.165, 1.54) is 6.92 Å². The maximum absolute atomic E-state index is 12.3. The molecule has 0 radical (unpaired) electrons. The van der Waals surface area contributed by atoms with Crippen LogP contribution < -0.4 is 5.32 Å². The van der Waals surface area contributed by atoms with Crippen molar-refractivity contribution in [1.29, 1.82) is 5.26 Å². The zero-order chi connectivity index (χ0) is 15.9. The van der Waals surface area contributed by atoms with Gasteiger partial charge in [-0.3, -0.25) is 4.79 Å². The second-order valence-corrected chi connectivity index (χ2v) is 5.64. The lowest BCUT2D eigenvalue weighted by Gasteiger charge is -2.22. The van der Waals surface area contributed by atoms with Crippen LogP contribution in [0.15, 0.2) is 24.3 Å². The van der Waals surface area contributed by atoms with Crippen molar-refractivity contribution >= 4 is 11.9 Å². The summed E-state index contributed by atoms with van der Waals surface area (Å²) < 4.78 is 5.34. The number of rotatable bonds is 5. The van der Waals surface area contributed by atoms with E-state index in [1.807, 2.05) is 6.07 Å². The van der Waals surface area contributed by atoms with Gasteiger partial charge in [-0.2, -0.15) is 5.26 Å². The molecule has 1 amide bonds. The van der Waals surface area contributed by atoms with E-state index in [0.717, 1.165) is 31.2 Å². The topological polar surface area (TPSA) is 79.2 Å². The van der Waals surface area contributed by atoms with Gasteiger partial charge in [-0.15, -0.1) is 0 Å². The molecule has 5 nitrogen and oxygen atoms in total. The summed E-state index contributed by atoms with van der Waals surface area (Å²) in [6, 6.07) is 8.37. The van der Waals surface area contributed by atoms with E-state index in [9.17, 15) is 9.59 Å². The van der Waals surface area contributed by atoms with Crippen molar-refractivity contribution in [1.82, 2.24) is 5.32 Å². The number of benzene rings is 1. The Morgan fingerprint density at radius 1 is 1.32 bits per heavy atom. The summed E-state index contributed by atoms with van der Waals surface area (Å²) in [4.78, 5) is 23.6. The third-order valence-electron chi connectivity index (χ3n) is 3.95. The molecule has 5 heteroatoms. The first-order valence-corrected chi connectivity index (χ1v) is 7.53. The second-order valence-electron chi connectivity index (χ2n) is 5.64. The van der Waals surface area contributed by atoms with Crippen molar-refractivity contribution in [2.24, 2.45) is 5.92 Å². The van der Waals surface area contributed by atoms with Crippen molar-refractivity contribution in [3.8, 4) is 6.07 Å². The van der Waals surface area contributed by atoms with Gasteiger partial charge in [0.15, 0.2) is 0 Å². The summed E-state index contributed by atoms with van der Waals surface area (Å²) in [6.45, 7) is 1.56. The maximum atomic E-state index is 12.3. The van der Waals surface area contributed by atoms with E-state index in [-0.39, 0.29) is 24.4 Å². The summed E-state index contributed by atoms with van der Waals surface area (Å²) in [5.41, 5.74) is 1.39. The zero-order valence-corrected chi connectivity index (χ0v) is 12.7. The van der Waals surface area contributed by atoms with Crippen LogP contribution in [-0.4, -0.2) is 17.9 Å². The number of ether oxygens (including phenoxy) is 1. The predicted molar refractivity (Wildman–Crippen MR) is 80.5 cm³/mol. The Balaban J connectivity index is 1.94. The Morgan fingerprint density at radius 3 is 2.50 bits per heavy atom. The van der Waals surface area contributed by atoms with Crippen LogP contribution in [0.4, 0.5) is 0 Å². The van der Waals surface area contributed by atoms with E-state index >= 15 is 0 Å². The van der Waals surface area contributed by atoms with Gasteiger partial charge in [-0.25, -0.2) is 4.79 Å². The first kappa shape index (κ1) is 16.0. The lowest BCUT2D eigenvalue weighted by molar-refractivity contribution is -0.150. The molecule has 2 rings (SSSR count). The van der Waals surface area contributed by atoms with Gasteiger partial charge in [-0.05, 0) is 36.5 Å². The van der Waals surface area contributed by atoms with Gasteiger partial charge in [0, 0.05) is 6.92 Å². The molecular weight excluding hydrogens is 280 g/mol. The van der Waals surface area contributed by atoms with Crippen LogP contribution in [0, 0.1) is 17.2 Å². The Kier molecular flexibility index (Phi) is 5.54. The fourth-order valence-electron chi connectivity index (χ4n) is 2.80. The first-order valence-electron chi connectivity index (χ1n) is 7.53. The van der Waals surface area contributed by atoms with Gasteiger partial charge in [0.2, 0.25) is 5.91 Å². The molecule has 1 atom stereocenters. The van der Waals surface area contributed by atoms with E-state index < -0.39 is 6.04 Å². The predicted octanol–water partition coefficient (Wildman–Crippen LogP) is 2.30. The molecule has 0 aliphatic heterocycles. The molecule has 1 aliphatic carbocycles. The van der Waals surface area contributed by atoms with Crippen LogP contribution in [-0.2, 0) is 20.9 Å². The number of nitrogens with zero attached hydrogens (tertiary/aromatic N) is 1. The Hall–Kier alpha value is -2.35. The van der Waals surface area contributed by atoms with Crippen molar-refractivity contribution in [3.63, 3.8) is 0 Å². The highest BCUT2D eigenvalue weighted by molar-refractivity contribution is 5.83. The Morgan fingerprint density at radius 2 is 1.95 bits per heavy atom. The first-order chi connectivity index (χ1) is 10.6. The molecule has 1 aromatic carbocycles. The normalized spacial score (nSPS) is 15.8. The zero-order valence-electron chi connectivity index (χ0n) is 12.7. The van der Waals surface area contributed by atoms with Gasteiger partial charge in [0.1, 0.15) is 12.6 Å². The minimum atomic E-state index is -0.557. The smallest absolute Gasteiger partial charge is 0.329 e. The molecule has 0 spiro atoms. The largest absolute Gasteiger partial charge is 0.459 e. The third-order valence-corrected chi connectivity index (χ3v) is 3.95. The molecule has 0 saturated heterocycles. The SMILES string of the molecule is CC(=O)NC(C(=O)OCc1ccc(C#N)cc1)C1CCCC1. The average molecular weight is 300 g/mol. The molecule has 1 aliphatic rings. The fraction of sp³-hybridized carbons (Fsp3) is 0.471. The summed E-state index contributed by atoms with van der Waals surface area (Å²) >= 11 is 0. The molecular formula is C17H20N2O3. The van der Waals surface area contributed by atoms with Crippen LogP contribution >= 0.6 is 0 Å². The van der Waals surface area contributed by atoms with Gasteiger partial charge < -0.3 is 10.1 Å². The van der Waals surface area contributed by atoms with Crippen LogP contribution in [0.5, 0.6) is 0 Å². The van der Waals surface area contributed by atoms with Crippen LogP contribution in [0.25, 0.3) is 0 Å². The number of carbonyl (C=O) groups excluding carboxylic acids is 2. The highest BCUT2D eigenvalue weighted by atomic mass is 16.5. The number of esters is 1. The molecule has 1 saturated carbocycles. The average Bonchev–Trinajstić information content (AvgIpc) is 3.04. The fourth-order valence-corrected chi connectivity index (χ4v) is 2.80. The lowest BCUT2D eigenvalue weighted by Crippen LogP contribution is -2.45. The standard InChI is InChI=1S/C17H20N2O3/c1-12(20)19-16(15-4-2-3-5-15)17(21)22-11-14-8-6-13(10-18)7-9-14/h6-9,15-16H,2-5,11H2,1H3,(H,19,20). The van der Waals surface area contributed by atoms with Crippen LogP contribution in [0.2, 0.25) is 0 Å². The number of carbonyl (C=O) groups is 2. The van der Waals surface area contributed by atoms with Crippen LogP contribution in [0.1, 0.15) is 43.7 Å². The highest BCUT2D eigenvalue weighted by Crippen LogP contribution is 2.28. The van der Waals surface area contributed by atoms with Crippen molar-refractivity contribution in [3.05, 3.63) is 35.4 Å². The highest BCUT2D eigenvalue weighted by Gasteiger charge is 2.32. The quantitative estimate of drug-likeness (QED) is 0.846. The van der Waals surface area contributed by atoms with Gasteiger partial charge >= 0.3 is 5.97 Å². The third kappa shape index (κ3) is 4.32. The molecule has 1 fully saturated rings. The number of hydrogen-bond acceptors (Lipinski definition) is 4. The molecule has 0 aromatic heterocycles. The molecule has 0 heterocycles. The van der Waals surface area contributed by atoms with E-state index in [0.29, 0.717) is 5.56 Å². The number of nitriles is 1. The Bertz CT molecular complexity index is 569. The lowest BCUT2D eigenvalue weighted by atomic mass is 9.98. The molecule has 116 valence electrons. The molecule has 1 unspecified atom stereocenters. The number of nitrogens with one attached hydrogen (secondary N) is 1. The van der Waals surface area contributed by atoms with Crippen LogP contribution in [0.3, 0.4) is 0 Å². The minimum Gasteiger partial charge on any atom is -0.459 e. The monoisotopic (exact) mass is 300 g/mol. The summed E-state index contributed by atoms with van der Waals surface area (Å²) in [7, 11) is 0. The van der Waals surface area contributed by atoms with Gasteiger partial charge in [-0.1, -0.05) is 25.0 Å². The van der Waals surface area contributed by atoms with Gasteiger partial charge in [0.05, 0.1) is 11.6 Å². The summed E-state index contributed by atoms with van der Waals surface area (Å²) in [6.07, 6.45) is 4.06. The molecule has 1 N–H and O–H groups in total. The van der Waals surface area contributed by atoms with E-state index in [1.54, 1.807) is 24.3 Å². The van der Waals surface area contributed by atoms with Crippen molar-refractivity contribution in [2.75, 3.05) is 0 Å². The molecule has 1 aromatic rings. The number of amides is 1. The maximum Gasteiger partial charge on any atom is 0.329 e.